The lowest BCUT2D eigenvalue weighted by Gasteiger charge is -2.39. The van der Waals surface area contributed by atoms with E-state index in [9.17, 15) is 0 Å². The molecule has 0 spiro atoms. The molecule has 10 atom stereocenters. The second-order valence-electron chi connectivity index (χ2n) is 22.1. The van der Waals surface area contributed by atoms with Crippen LogP contribution in [0.1, 0.15) is 87.5 Å². The zero-order valence-electron chi connectivity index (χ0n) is 40.4. The number of hydrogen-bond acceptors (Lipinski definition) is 5. The average Bonchev–Trinajstić information content (AvgIpc) is 4.07. The highest BCUT2D eigenvalue weighted by Crippen LogP contribution is 2.61. The van der Waals surface area contributed by atoms with E-state index in [2.05, 4.69) is 246 Å². The topological polar surface area (TPSA) is 34.2 Å². The van der Waals surface area contributed by atoms with Gasteiger partial charge in [0.25, 0.3) is 0 Å². The first-order valence-electron chi connectivity index (χ1n) is 25.1. The summed E-state index contributed by atoms with van der Waals surface area (Å²) in [5.41, 5.74) is 15.4. The summed E-state index contributed by atoms with van der Waals surface area (Å²) in [7, 11) is 0. The number of ether oxygens (including phenoxy) is 3. The summed E-state index contributed by atoms with van der Waals surface area (Å²) in [4.78, 5) is 4.98. The number of fused-ring (bicyclic) bond motifs is 13. The van der Waals surface area contributed by atoms with Crippen LogP contribution < -0.4 is 14.5 Å². The largest absolute Gasteiger partial charge is 0.483 e. The molecule has 0 bridgehead atoms. The molecule has 3 aliphatic heterocycles. The summed E-state index contributed by atoms with van der Waals surface area (Å²) in [6.45, 7) is 13.8. The van der Waals surface area contributed by atoms with Crippen LogP contribution in [0.15, 0.2) is 211 Å². The van der Waals surface area contributed by atoms with Crippen LogP contribution in [0, 0.1) is 34.5 Å². The van der Waals surface area contributed by atoms with Crippen LogP contribution in [0.5, 0.6) is 5.75 Å². The van der Waals surface area contributed by atoms with Crippen molar-refractivity contribution < 1.29 is 14.2 Å². The second-order valence-corrected chi connectivity index (χ2v) is 22.1. The summed E-state index contributed by atoms with van der Waals surface area (Å²) < 4.78 is 22.1. The van der Waals surface area contributed by atoms with Crippen LogP contribution >= 0.6 is 0 Å². The fourth-order valence-corrected chi connectivity index (χ4v) is 13.0. The van der Waals surface area contributed by atoms with E-state index in [1.54, 1.807) is 0 Å². The van der Waals surface area contributed by atoms with Crippen molar-refractivity contribution in [1.82, 2.24) is 0 Å². The summed E-state index contributed by atoms with van der Waals surface area (Å²) in [6.07, 6.45) is 25.3. The van der Waals surface area contributed by atoms with Gasteiger partial charge >= 0.3 is 0 Å². The Morgan fingerprint density at radius 3 is 1.54 bits per heavy atom. The van der Waals surface area contributed by atoms with Gasteiger partial charge in [-0.3, -0.25) is 0 Å². The Balaban J connectivity index is 0.961. The van der Waals surface area contributed by atoms with Crippen LogP contribution in [0.3, 0.4) is 0 Å². The lowest BCUT2D eigenvalue weighted by atomic mass is 9.73. The number of allylic oxidation sites excluding steroid dienone is 6. The molecule has 13 rings (SSSR count). The average molecular weight is 905 g/mol. The third-order valence-corrected chi connectivity index (χ3v) is 16.1. The first-order valence-corrected chi connectivity index (χ1v) is 25.1. The second kappa shape index (κ2) is 15.9. The van der Waals surface area contributed by atoms with Crippen molar-refractivity contribution in [3.05, 3.63) is 239 Å². The van der Waals surface area contributed by atoms with Crippen LogP contribution in [-0.2, 0) is 9.47 Å². The predicted octanol–water partition coefficient (Wildman–Crippen LogP) is 15.2. The third kappa shape index (κ3) is 6.72. The van der Waals surface area contributed by atoms with Gasteiger partial charge in [-0.05, 0) is 69.5 Å². The Morgan fingerprint density at radius 2 is 0.913 bits per heavy atom. The quantitative estimate of drug-likeness (QED) is 0.170. The van der Waals surface area contributed by atoms with Gasteiger partial charge in [-0.15, -0.1) is 0 Å². The lowest BCUT2D eigenvalue weighted by Crippen LogP contribution is -2.35. The van der Waals surface area contributed by atoms with Gasteiger partial charge in [0.1, 0.15) is 18.0 Å². The molecule has 0 radical (unpaired) electrons. The van der Waals surface area contributed by atoms with E-state index in [1.807, 2.05) is 0 Å². The molecule has 5 aliphatic carbocycles. The molecule has 0 saturated carbocycles. The van der Waals surface area contributed by atoms with Crippen molar-refractivity contribution in [3.63, 3.8) is 0 Å². The lowest BCUT2D eigenvalue weighted by molar-refractivity contribution is 0.0314. The maximum atomic E-state index is 7.47. The zero-order valence-corrected chi connectivity index (χ0v) is 40.4. The number of para-hydroxylation sites is 3. The number of hydrogen-bond donors (Lipinski definition) is 0. The zero-order chi connectivity index (χ0) is 46.8. The van der Waals surface area contributed by atoms with Gasteiger partial charge in [0.05, 0.1) is 35.4 Å². The monoisotopic (exact) mass is 904 g/mol. The minimum absolute atomic E-state index is 0.00966. The van der Waals surface area contributed by atoms with Gasteiger partial charge in [0, 0.05) is 63.4 Å². The molecule has 8 aliphatic rings. The molecule has 2 saturated heterocycles. The smallest absolute Gasteiger partial charge is 0.148 e. The van der Waals surface area contributed by atoms with E-state index in [4.69, 9.17) is 14.2 Å². The predicted molar refractivity (Wildman–Crippen MR) is 280 cm³/mol. The normalized spacial score (nSPS) is 28.7. The molecule has 5 aromatic carbocycles. The SMILES string of the molecule is CC(C)(C)C1=CC=CC2c3cccc(N(C4=CC5C(OC6c7ccccc7C(N(C7=CC=CC8C7OC7C(C(C)(C)C)=CC=CC78)c7ccccc7)=CC65)c5ccccc54)c4ccccc4)c3OC12. The molecule has 2 fully saturated rings. The van der Waals surface area contributed by atoms with Crippen molar-refractivity contribution in [2.75, 3.05) is 9.80 Å². The minimum Gasteiger partial charge on any atom is -0.483 e. The number of benzene rings is 5. The van der Waals surface area contributed by atoms with Crippen LogP contribution in [0.4, 0.5) is 17.1 Å². The van der Waals surface area contributed by atoms with Crippen LogP contribution in [0.25, 0.3) is 11.4 Å². The molecule has 69 heavy (non-hydrogen) atoms. The van der Waals surface area contributed by atoms with Crippen molar-refractivity contribution in [3.8, 4) is 5.75 Å². The number of rotatable bonds is 6. The third-order valence-electron chi connectivity index (χ3n) is 16.1. The van der Waals surface area contributed by atoms with Gasteiger partial charge in [0.15, 0.2) is 0 Å². The Morgan fingerprint density at radius 1 is 0.420 bits per heavy atom. The van der Waals surface area contributed by atoms with Crippen molar-refractivity contribution in [2.24, 2.45) is 34.5 Å². The Hall–Kier alpha value is -6.66. The Kier molecular flexibility index (Phi) is 9.81. The maximum absolute atomic E-state index is 7.47. The molecule has 0 aromatic heterocycles. The molecular formula is C64H60N2O3. The Bertz CT molecular complexity index is 3130. The van der Waals surface area contributed by atoms with Gasteiger partial charge in [-0.1, -0.05) is 199 Å². The summed E-state index contributed by atoms with van der Waals surface area (Å²) >= 11 is 0. The summed E-state index contributed by atoms with van der Waals surface area (Å²) in [5, 5.41) is 0. The highest BCUT2D eigenvalue weighted by molar-refractivity contribution is 5.93. The summed E-state index contributed by atoms with van der Waals surface area (Å²) in [6, 6.07) is 46.4. The maximum Gasteiger partial charge on any atom is 0.148 e. The highest BCUT2D eigenvalue weighted by Gasteiger charge is 2.53. The number of anilines is 3. The van der Waals surface area contributed by atoms with Gasteiger partial charge in [0.2, 0.25) is 0 Å². The molecule has 0 N–H and O–H groups in total. The van der Waals surface area contributed by atoms with Gasteiger partial charge in [-0.25, -0.2) is 0 Å². The van der Waals surface area contributed by atoms with E-state index < -0.39 is 0 Å². The standard InChI is InChI=1S/C64H60N2O3/c1-63(2,3)51-33-17-29-45-47-31-19-35-53(61(47)68-59(45)51)65(39-21-9-7-10-22-39)55-37-49-50-38-56(42-26-14-16-28-44(42)58(50)67-57(49)43-27-15-13-25-41(43)55)66(40-23-11-8-12-24-40)54-36-20-32-48-46-30-18-34-52(64(4,5)6)60(46)69-62(48)54/h7-38,45-47,49-50,57-61H,1-6H3. The highest BCUT2D eigenvalue weighted by atomic mass is 16.5. The molecule has 10 unspecified atom stereocenters. The molecule has 3 heterocycles. The van der Waals surface area contributed by atoms with E-state index in [-0.39, 0.29) is 70.9 Å². The van der Waals surface area contributed by atoms with Crippen molar-refractivity contribution >= 4 is 28.5 Å². The molecule has 344 valence electrons. The van der Waals surface area contributed by atoms with E-state index in [0.29, 0.717) is 0 Å². The van der Waals surface area contributed by atoms with Crippen molar-refractivity contribution in [2.45, 2.75) is 78.0 Å². The summed E-state index contributed by atoms with van der Waals surface area (Å²) in [5.74, 6) is 1.62. The van der Waals surface area contributed by atoms with Gasteiger partial charge < -0.3 is 24.0 Å². The molecular weight excluding hydrogens is 845 g/mol. The molecule has 5 heteroatoms. The first kappa shape index (κ1) is 42.4. The Labute approximate surface area is 407 Å². The number of nitrogens with zero attached hydrogens (tertiary/aromatic N) is 2. The van der Waals surface area contributed by atoms with Crippen LogP contribution in [-0.4, -0.2) is 18.3 Å². The fraction of sp³-hybridized carbons (Fsp3) is 0.281. The van der Waals surface area contributed by atoms with Crippen LogP contribution in [0.2, 0.25) is 0 Å². The minimum atomic E-state index is -0.145. The van der Waals surface area contributed by atoms with E-state index in [0.717, 1.165) is 34.2 Å². The fourth-order valence-electron chi connectivity index (χ4n) is 13.0. The molecule has 5 nitrogen and oxygen atoms in total. The van der Waals surface area contributed by atoms with E-state index in [1.165, 1.54) is 44.7 Å². The first-order chi connectivity index (χ1) is 33.5. The van der Waals surface area contributed by atoms with Gasteiger partial charge in [-0.2, -0.15) is 0 Å². The van der Waals surface area contributed by atoms with E-state index >= 15 is 0 Å². The van der Waals surface area contributed by atoms with Crippen molar-refractivity contribution in [1.29, 1.82) is 0 Å². The molecule has 0 amide bonds. The molecule has 5 aromatic rings.